The summed E-state index contributed by atoms with van der Waals surface area (Å²) in [7, 11) is 0. The van der Waals surface area contributed by atoms with E-state index in [2.05, 4.69) is 44.9 Å². The molecule has 0 aromatic heterocycles. The third kappa shape index (κ3) is 3.04. The van der Waals surface area contributed by atoms with Gasteiger partial charge in [0.2, 0.25) is 0 Å². The zero-order valence-electron chi connectivity index (χ0n) is 10.9. The molecule has 19 heavy (non-hydrogen) atoms. The van der Waals surface area contributed by atoms with Crippen LogP contribution in [0.3, 0.4) is 0 Å². The quantitative estimate of drug-likeness (QED) is 0.779. The van der Waals surface area contributed by atoms with Crippen molar-refractivity contribution in [3.05, 3.63) is 32.7 Å². The summed E-state index contributed by atoms with van der Waals surface area (Å²) >= 11 is 6.87. The number of hydrogen-bond donors (Lipinski definition) is 1. The summed E-state index contributed by atoms with van der Waals surface area (Å²) in [5, 5.41) is 20.3. The topological polar surface area (TPSA) is 44.0 Å². The van der Waals surface area contributed by atoms with Gasteiger partial charge in [0.05, 0.1) is 17.6 Å². The number of rotatable bonds is 2. The molecule has 1 saturated carbocycles. The number of halogens is 2. The zero-order valence-corrected chi connectivity index (χ0v) is 14.0. The van der Waals surface area contributed by atoms with Gasteiger partial charge in [-0.25, -0.2) is 0 Å². The zero-order chi connectivity index (χ0) is 14.0. The fourth-order valence-corrected chi connectivity index (χ4v) is 3.65. The van der Waals surface area contributed by atoms with Crippen molar-refractivity contribution in [1.82, 2.24) is 0 Å². The Kier molecular flexibility index (Phi) is 4.70. The highest BCUT2D eigenvalue weighted by molar-refractivity contribution is 9.13. The third-order valence-electron chi connectivity index (χ3n) is 4.04. The van der Waals surface area contributed by atoms with Crippen LogP contribution >= 0.6 is 31.9 Å². The Balaban J connectivity index is 2.32. The number of aliphatic hydroxyl groups excluding tert-OH is 1. The second-order valence-electron chi connectivity index (χ2n) is 5.55. The molecule has 1 fully saturated rings. The molecule has 1 aromatic carbocycles. The van der Waals surface area contributed by atoms with Crippen molar-refractivity contribution >= 4 is 31.9 Å². The molecule has 2 rings (SSSR count). The second-order valence-corrected chi connectivity index (χ2v) is 7.25. The smallest absolute Gasteiger partial charge is 0.0976 e. The van der Waals surface area contributed by atoms with Crippen LogP contribution in [0.1, 0.15) is 44.3 Å². The van der Waals surface area contributed by atoms with E-state index in [0.29, 0.717) is 5.92 Å². The minimum Gasteiger partial charge on any atom is -0.387 e. The Bertz CT molecular complexity index is 511. The standard InChI is InChI=1S/C15H17Br2NO/c1-10-3-2-6-15(8-10,9-18)14(19)11-4-5-12(16)13(17)7-11/h4-5,7,10,14,19H,2-3,6,8H2,1H3. The van der Waals surface area contributed by atoms with Gasteiger partial charge >= 0.3 is 0 Å². The molecule has 1 N–H and O–H groups in total. The first kappa shape index (κ1) is 15.0. The van der Waals surface area contributed by atoms with Crippen molar-refractivity contribution in [2.45, 2.75) is 38.7 Å². The van der Waals surface area contributed by atoms with E-state index in [-0.39, 0.29) is 0 Å². The van der Waals surface area contributed by atoms with Crippen LogP contribution in [0.15, 0.2) is 27.1 Å². The van der Waals surface area contributed by atoms with Gasteiger partial charge in [0.1, 0.15) is 0 Å². The van der Waals surface area contributed by atoms with E-state index in [1.54, 1.807) is 0 Å². The van der Waals surface area contributed by atoms with Crippen LogP contribution in [0.25, 0.3) is 0 Å². The molecule has 1 aromatic rings. The number of nitrogens with zero attached hydrogens (tertiary/aromatic N) is 1. The molecular formula is C15H17Br2NO. The summed E-state index contributed by atoms with van der Waals surface area (Å²) in [4.78, 5) is 0. The molecule has 0 radical (unpaired) electrons. The van der Waals surface area contributed by atoms with Crippen molar-refractivity contribution < 1.29 is 5.11 Å². The number of benzene rings is 1. The van der Waals surface area contributed by atoms with Crippen LogP contribution < -0.4 is 0 Å². The lowest BCUT2D eigenvalue weighted by molar-refractivity contribution is 0.0219. The van der Waals surface area contributed by atoms with Gasteiger partial charge in [0.25, 0.3) is 0 Å². The Morgan fingerprint density at radius 3 is 2.74 bits per heavy atom. The Hall–Kier alpha value is -0.370. The van der Waals surface area contributed by atoms with E-state index >= 15 is 0 Å². The maximum absolute atomic E-state index is 10.7. The summed E-state index contributed by atoms with van der Waals surface area (Å²) in [5.41, 5.74) is 0.177. The minimum absolute atomic E-state index is 0.502. The molecule has 3 unspecified atom stereocenters. The fourth-order valence-electron chi connectivity index (χ4n) is 3.00. The van der Waals surface area contributed by atoms with E-state index in [9.17, 15) is 10.4 Å². The molecule has 0 heterocycles. The minimum atomic E-state index is -0.718. The first-order chi connectivity index (χ1) is 8.98. The lowest BCUT2D eigenvalue weighted by Crippen LogP contribution is -2.32. The number of hydrogen-bond acceptors (Lipinski definition) is 2. The van der Waals surface area contributed by atoms with Crippen molar-refractivity contribution in [3.63, 3.8) is 0 Å². The molecule has 0 aliphatic heterocycles. The third-order valence-corrected chi connectivity index (χ3v) is 5.92. The molecule has 0 spiro atoms. The lowest BCUT2D eigenvalue weighted by atomic mass is 9.66. The van der Waals surface area contributed by atoms with Crippen LogP contribution in [-0.2, 0) is 0 Å². The maximum atomic E-state index is 10.7. The average Bonchev–Trinajstić information content (AvgIpc) is 2.41. The van der Waals surface area contributed by atoms with E-state index < -0.39 is 11.5 Å². The van der Waals surface area contributed by atoms with Gasteiger partial charge in [-0.15, -0.1) is 0 Å². The second kappa shape index (κ2) is 5.95. The first-order valence-corrected chi connectivity index (χ1v) is 8.11. The summed E-state index contributed by atoms with van der Waals surface area (Å²) in [6.45, 7) is 2.16. The summed E-state index contributed by atoms with van der Waals surface area (Å²) in [5.74, 6) is 0.502. The van der Waals surface area contributed by atoms with E-state index in [0.717, 1.165) is 40.2 Å². The maximum Gasteiger partial charge on any atom is 0.0976 e. The predicted molar refractivity (Wildman–Crippen MR) is 82.5 cm³/mol. The SMILES string of the molecule is CC1CCCC(C#N)(C(O)c2ccc(Br)c(Br)c2)C1. The summed E-state index contributed by atoms with van der Waals surface area (Å²) < 4.78 is 1.85. The van der Waals surface area contributed by atoms with Crippen molar-refractivity contribution in [3.8, 4) is 6.07 Å². The molecule has 3 atom stereocenters. The van der Waals surface area contributed by atoms with Gasteiger partial charge in [-0.2, -0.15) is 5.26 Å². The van der Waals surface area contributed by atoms with Gasteiger partial charge in [-0.05, 0) is 68.3 Å². The molecular weight excluding hydrogens is 370 g/mol. The van der Waals surface area contributed by atoms with Crippen molar-refractivity contribution in [1.29, 1.82) is 5.26 Å². The van der Waals surface area contributed by atoms with Crippen LogP contribution in [0.5, 0.6) is 0 Å². The van der Waals surface area contributed by atoms with Crippen molar-refractivity contribution in [2.75, 3.05) is 0 Å². The van der Waals surface area contributed by atoms with E-state index in [4.69, 9.17) is 0 Å². The van der Waals surface area contributed by atoms with E-state index in [1.807, 2.05) is 18.2 Å². The molecule has 1 aliphatic rings. The number of aliphatic hydroxyl groups is 1. The highest BCUT2D eigenvalue weighted by Gasteiger charge is 2.42. The Morgan fingerprint density at radius 2 is 2.16 bits per heavy atom. The molecule has 102 valence electrons. The molecule has 4 heteroatoms. The lowest BCUT2D eigenvalue weighted by Gasteiger charge is -2.38. The predicted octanol–water partition coefficient (Wildman–Crippen LogP) is 4.97. The summed E-state index contributed by atoms with van der Waals surface area (Å²) in [6, 6.07) is 8.09. The van der Waals surface area contributed by atoms with Crippen LogP contribution in [0, 0.1) is 22.7 Å². The van der Waals surface area contributed by atoms with Crippen molar-refractivity contribution in [2.24, 2.45) is 11.3 Å². The average molecular weight is 387 g/mol. The largest absolute Gasteiger partial charge is 0.387 e. The van der Waals surface area contributed by atoms with Gasteiger partial charge in [0.15, 0.2) is 0 Å². The normalized spacial score (nSPS) is 28.7. The van der Waals surface area contributed by atoms with Gasteiger partial charge in [-0.3, -0.25) is 0 Å². The molecule has 0 bridgehead atoms. The van der Waals surface area contributed by atoms with Crippen LogP contribution in [0.2, 0.25) is 0 Å². The summed E-state index contributed by atoms with van der Waals surface area (Å²) in [6.07, 6.45) is 3.01. The Labute approximate surface area is 131 Å². The van der Waals surface area contributed by atoms with Gasteiger partial charge in [-0.1, -0.05) is 25.8 Å². The Morgan fingerprint density at radius 1 is 1.42 bits per heavy atom. The monoisotopic (exact) mass is 385 g/mol. The van der Waals surface area contributed by atoms with E-state index in [1.165, 1.54) is 0 Å². The highest BCUT2D eigenvalue weighted by atomic mass is 79.9. The first-order valence-electron chi connectivity index (χ1n) is 6.53. The van der Waals surface area contributed by atoms with Crippen LogP contribution in [-0.4, -0.2) is 5.11 Å². The number of nitriles is 1. The molecule has 2 nitrogen and oxygen atoms in total. The van der Waals surface area contributed by atoms with Gasteiger partial charge < -0.3 is 5.11 Å². The molecule has 1 aliphatic carbocycles. The molecule has 0 saturated heterocycles. The fraction of sp³-hybridized carbons (Fsp3) is 0.533. The van der Waals surface area contributed by atoms with Crippen LogP contribution in [0.4, 0.5) is 0 Å². The highest BCUT2D eigenvalue weighted by Crippen LogP contribution is 2.48. The molecule has 0 amide bonds. The van der Waals surface area contributed by atoms with Gasteiger partial charge in [0, 0.05) is 8.95 Å².